The van der Waals surface area contributed by atoms with Crippen LogP contribution in [-0.2, 0) is 21.2 Å². The first-order valence-electron chi connectivity index (χ1n) is 8.77. The first-order chi connectivity index (χ1) is 12.2. The van der Waals surface area contributed by atoms with Gasteiger partial charge >= 0.3 is 5.97 Å². The molecule has 0 saturated carbocycles. The van der Waals surface area contributed by atoms with Crippen LogP contribution in [0.25, 0.3) is 0 Å². The molecule has 1 aromatic heterocycles. The average molecular weight is 376 g/mol. The van der Waals surface area contributed by atoms with Crippen LogP contribution >= 0.6 is 0 Å². The van der Waals surface area contributed by atoms with Gasteiger partial charge < -0.3 is 4.74 Å². The van der Waals surface area contributed by atoms with Crippen LogP contribution in [0.5, 0.6) is 0 Å². The molecule has 140 valence electrons. The van der Waals surface area contributed by atoms with Gasteiger partial charge in [-0.05, 0) is 24.8 Å². The Morgan fingerprint density at radius 3 is 2.58 bits per heavy atom. The molecule has 6 nitrogen and oxygen atoms in total. The highest BCUT2D eigenvalue weighted by atomic mass is 32.2. The SMILES string of the molecule is Cc1ccc(COC(=O)c2cn(C3CCS(=O)(=O)C3)nc2C(C)C)cc1. The maximum absolute atomic E-state index is 12.6. The molecular weight excluding hydrogens is 352 g/mol. The molecule has 1 aliphatic rings. The monoisotopic (exact) mass is 376 g/mol. The summed E-state index contributed by atoms with van der Waals surface area (Å²) in [4.78, 5) is 12.6. The molecule has 7 heteroatoms. The number of benzene rings is 1. The lowest BCUT2D eigenvalue weighted by Crippen LogP contribution is -2.12. The molecule has 0 bridgehead atoms. The number of carbonyl (C=O) groups is 1. The van der Waals surface area contributed by atoms with Crippen molar-refractivity contribution in [2.75, 3.05) is 11.5 Å². The maximum atomic E-state index is 12.6. The van der Waals surface area contributed by atoms with E-state index in [9.17, 15) is 13.2 Å². The number of ether oxygens (including phenoxy) is 1. The lowest BCUT2D eigenvalue weighted by Gasteiger charge is -2.07. The van der Waals surface area contributed by atoms with Gasteiger partial charge in [0.1, 0.15) is 12.2 Å². The summed E-state index contributed by atoms with van der Waals surface area (Å²) in [5, 5.41) is 4.50. The fourth-order valence-electron chi connectivity index (χ4n) is 3.07. The van der Waals surface area contributed by atoms with Crippen molar-refractivity contribution in [1.82, 2.24) is 9.78 Å². The van der Waals surface area contributed by atoms with Crippen molar-refractivity contribution in [3.63, 3.8) is 0 Å². The smallest absolute Gasteiger partial charge is 0.341 e. The van der Waals surface area contributed by atoms with Crippen LogP contribution in [0.3, 0.4) is 0 Å². The summed E-state index contributed by atoms with van der Waals surface area (Å²) in [7, 11) is -3.01. The minimum absolute atomic E-state index is 0.0381. The van der Waals surface area contributed by atoms with Crippen LogP contribution < -0.4 is 0 Å². The Morgan fingerprint density at radius 1 is 1.31 bits per heavy atom. The number of nitrogens with zero attached hydrogens (tertiary/aromatic N) is 2. The van der Waals surface area contributed by atoms with Gasteiger partial charge in [0.15, 0.2) is 9.84 Å². The minimum atomic E-state index is -3.01. The van der Waals surface area contributed by atoms with E-state index in [1.54, 1.807) is 10.9 Å². The summed E-state index contributed by atoms with van der Waals surface area (Å²) in [6.07, 6.45) is 2.16. The number of hydrogen-bond acceptors (Lipinski definition) is 5. The van der Waals surface area contributed by atoms with E-state index in [2.05, 4.69) is 5.10 Å². The quantitative estimate of drug-likeness (QED) is 0.750. The van der Waals surface area contributed by atoms with Crippen molar-refractivity contribution in [1.29, 1.82) is 0 Å². The number of hydrogen-bond donors (Lipinski definition) is 0. The van der Waals surface area contributed by atoms with Gasteiger partial charge in [-0.2, -0.15) is 5.10 Å². The number of aryl methyl sites for hydroxylation is 1. The second kappa shape index (κ2) is 7.23. The largest absolute Gasteiger partial charge is 0.457 e. The summed E-state index contributed by atoms with van der Waals surface area (Å²) in [6.45, 7) is 6.10. The van der Waals surface area contributed by atoms with Gasteiger partial charge in [0, 0.05) is 6.20 Å². The molecule has 1 unspecified atom stereocenters. The fraction of sp³-hybridized carbons (Fsp3) is 0.474. The molecule has 0 spiro atoms. The van der Waals surface area contributed by atoms with E-state index >= 15 is 0 Å². The number of rotatable bonds is 5. The zero-order valence-corrected chi connectivity index (χ0v) is 16.1. The zero-order chi connectivity index (χ0) is 18.9. The van der Waals surface area contributed by atoms with Crippen molar-refractivity contribution in [2.45, 2.75) is 45.8 Å². The summed E-state index contributed by atoms with van der Waals surface area (Å²) in [6, 6.07) is 7.59. The van der Waals surface area contributed by atoms with E-state index in [0.717, 1.165) is 11.1 Å². The van der Waals surface area contributed by atoms with E-state index in [1.165, 1.54) is 0 Å². The Balaban J connectivity index is 1.77. The van der Waals surface area contributed by atoms with Crippen LogP contribution in [0.2, 0.25) is 0 Å². The summed E-state index contributed by atoms with van der Waals surface area (Å²) >= 11 is 0. The van der Waals surface area contributed by atoms with E-state index in [1.807, 2.05) is 45.0 Å². The van der Waals surface area contributed by atoms with Crippen molar-refractivity contribution in [2.24, 2.45) is 0 Å². The summed E-state index contributed by atoms with van der Waals surface area (Å²) < 4.78 is 30.5. The van der Waals surface area contributed by atoms with Gasteiger partial charge in [0.2, 0.25) is 0 Å². The van der Waals surface area contributed by atoms with Crippen molar-refractivity contribution >= 4 is 15.8 Å². The van der Waals surface area contributed by atoms with Gasteiger partial charge in [-0.25, -0.2) is 13.2 Å². The molecule has 1 fully saturated rings. The first kappa shape index (κ1) is 18.6. The van der Waals surface area contributed by atoms with Gasteiger partial charge in [0.25, 0.3) is 0 Å². The molecule has 1 aliphatic heterocycles. The molecule has 0 amide bonds. The molecule has 0 aliphatic carbocycles. The Labute approximate surface area is 154 Å². The topological polar surface area (TPSA) is 78.3 Å². The number of carbonyl (C=O) groups excluding carboxylic acids is 1. The van der Waals surface area contributed by atoms with Gasteiger partial charge in [-0.1, -0.05) is 43.7 Å². The standard InChI is InChI=1S/C19H24N2O4S/c1-13(2)18-17(10-21(20-18)16-8-9-26(23,24)12-16)19(22)25-11-15-6-4-14(3)5-7-15/h4-7,10,13,16H,8-9,11-12H2,1-3H3. The third kappa shape index (κ3) is 4.15. The van der Waals surface area contributed by atoms with E-state index in [-0.39, 0.29) is 30.1 Å². The Hall–Kier alpha value is -2.15. The lowest BCUT2D eigenvalue weighted by atomic mass is 10.1. The number of aromatic nitrogens is 2. The van der Waals surface area contributed by atoms with Crippen LogP contribution in [-0.4, -0.2) is 35.7 Å². The van der Waals surface area contributed by atoms with E-state index in [4.69, 9.17) is 4.74 Å². The molecule has 3 rings (SSSR count). The summed E-state index contributed by atoms with van der Waals surface area (Å²) in [5.41, 5.74) is 3.12. The van der Waals surface area contributed by atoms with Gasteiger partial charge in [-0.15, -0.1) is 0 Å². The second-order valence-electron chi connectivity index (χ2n) is 7.18. The lowest BCUT2D eigenvalue weighted by molar-refractivity contribution is 0.0471. The first-order valence-corrected chi connectivity index (χ1v) is 10.6. The second-order valence-corrected chi connectivity index (χ2v) is 9.41. The fourth-order valence-corrected chi connectivity index (χ4v) is 4.77. The molecule has 1 atom stereocenters. The Morgan fingerprint density at radius 2 is 2.00 bits per heavy atom. The Bertz CT molecular complexity index is 898. The third-order valence-electron chi connectivity index (χ3n) is 4.60. The van der Waals surface area contributed by atoms with Crippen LogP contribution in [0.1, 0.15) is 59.4 Å². The molecule has 1 saturated heterocycles. The zero-order valence-electron chi connectivity index (χ0n) is 15.3. The Kier molecular flexibility index (Phi) is 5.18. The number of esters is 1. The minimum Gasteiger partial charge on any atom is -0.457 e. The van der Waals surface area contributed by atoms with Crippen LogP contribution in [0, 0.1) is 6.92 Å². The molecule has 1 aromatic carbocycles. The predicted molar refractivity (Wildman–Crippen MR) is 98.9 cm³/mol. The highest BCUT2D eigenvalue weighted by Crippen LogP contribution is 2.27. The predicted octanol–water partition coefficient (Wildman–Crippen LogP) is 3.03. The number of sulfone groups is 1. The third-order valence-corrected chi connectivity index (χ3v) is 6.35. The van der Waals surface area contributed by atoms with Crippen molar-refractivity contribution < 1.29 is 17.9 Å². The van der Waals surface area contributed by atoms with Gasteiger partial charge in [0.05, 0.1) is 23.2 Å². The van der Waals surface area contributed by atoms with Gasteiger partial charge in [-0.3, -0.25) is 4.68 Å². The van der Waals surface area contributed by atoms with E-state index < -0.39 is 15.8 Å². The van der Waals surface area contributed by atoms with Crippen LogP contribution in [0.15, 0.2) is 30.5 Å². The molecule has 0 N–H and O–H groups in total. The highest BCUT2D eigenvalue weighted by molar-refractivity contribution is 7.91. The molecule has 2 aromatic rings. The summed E-state index contributed by atoms with van der Waals surface area (Å²) in [5.74, 6) is -0.149. The molecule has 2 heterocycles. The molecule has 0 radical (unpaired) electrons. The van der Waals surface area contributed by atoms with E-state index in [0.29, 0.717) is 17.7 Å². The average Bonchev–Trinajstić information content (AvgIpc) is 3.17. The maximum Gasteiger partial charge on any atom is 0.341 e. The normalized spacial score (nSPS) is 19.0. The van der Waals surface area contributed by atoms with Crippen molar-refractivity contribution in [3.8, 4) is 0 Å². The van der Waals surface area contributed by atoms with Crippen LogP contribution in [0.4, 0.5) is 0 Å². The molecular formula is C19H24N2O4S. The molecule has 26 heavy (non-hydrogen) atoms. The van der Waals surface area contributed by atoms with Crippen molar-refractivity contribution in [3.05, 3.63) is 52.8 Å². The highest BCUT2D eigenvalue weighted by Gasteiger charge is 2.31.